The predicted octanol–water partition coefficient (Wildman–Crippen LogP) is 4.43. The fraction of sp³-hybridized carbons (Fsp3) is 0.640. The summed E-state index contributed by atoms with van der Waals surface area (Å²) >= 11 is 0. The van der Waals surface area contributed by atoms with Crippen LogP contribution in [-0.4, -0.2) is 40.0 Å². The number of carbonyl (C=O) groups is 3. The van der Waals surface area contributed by atoms with Crippen LogP contribution in [0.1, 0.15) is 85.1 Å². The standard InChI is InChI=1S/C25H36N2O7/c1-24(2,3)33-22(29)20(23(30)34-25(4,5)6)19(16-12-14-18(15-13-16)27(31)32)21(28)26-17-10-8-7-9-11-17/h12-15,17,19-20H,7-11H2,1-6H3,(H,26,28). The maximum atomic E-state index is 13.6. The first-order chi connectivity index (χ1) is 15.7. The van der Waals surface area contributed by atoms with Crippen LogP contribution >= 0.6 is 0 Å². The summed E-state index contributed by atoms with van der Waals surface area (Å²) in [7, 11) is 0. The molecule has 0 saturated heterocycles. The molecule has 1 aliphatic rings. The van der Waals surface area contributed by atoms with E-state index in [1.807, 2.05) is 0 Å². The first-order valence-corrected chi connectivity index (χ1v) is 11.7. The summed E-state index contributed by atoms with van der Waals surface area (Å²) < 4.78 is 11.0. The maximum Gasteiger partial charge on any atom is 0.322 e. The molecular weight excluding hydrogens is 440 g/mol. The number of non-ortho nitro benzene ring substituents is 1. The lowest BCUT2D eigenvalue weighted by molar-refractivity contribution is -0.384. The Morgan fingerprint density at radius 3 is 1.79 bits per heavy atom. The molecule has 1 saturated carbocycles. The van der Waals surface area contributed by atoms with Gasteiger partial charge in [-0.3, -0.25) is 24.5 Å². The van der Waals surface area contributed by atoms with Crippen LogP contribution < -0.4 is 5.32 Å². The number of carbonyl (C=O) groups excluding carboxylic acids is 3. The molecule has 0 aliphatic heterocycles. The Morgan fingerprint density at radius 1 is 0.912 bits per heavy atom. The van der Waals surface area contributed by atoms with Crippen molar-refractivity contribution in [3.63, 3.8) is 0 Å². The minimum absolute atomic E-state index is 0.0697. The summed E-state index contributed by atoms with van der Waals surface area (Å²) in [6.45, 7) is 10.0. The zero-order valence-electron chi connectivity index (χ0n) is 20.9. The monoisotopic (exact) mass is 476 g/mol. The average molecular weight is 477 g/mol. The number of nitrogens with zero attached hydrogens (tertiary/aromatic N) is 1. The van der Waals surface area contributed by atoms with Gasteiger partial charge in [0, 0.05) is 18.2 Å². The highest BCUT2D eigenvalue weighted by atomic mass is 16.6. The number of rotatable bonds is 7. The van der Waals surface area contributed by atoms with E-state index in [1.54, 1.807) is 41.5 Å². The molecule has 0 aromatic heterocycles. The van der Waals surface area contributed by atoms with Crippen molar-refractivity contribution in [3.8, 4) is 0 Å². The fourth-order valence-corrected chi connectivity index (χ4v) is 3.94. The third-order valence-electron chi connectivity index (χ3n) is 5.35. The molecule has 1 aliphatic carbocycles. The van der Waals surface area contributed by atoms with E-state index in [9.17, 15) is 24.5 Å². The largest absolute Gasteiger partial charge is 0.459 e. The van der Waals surface area contributed by atoms with Crippen LogP contribution in [0.2, 0.25) is 0 Å². The molecule has 0 radical (unpaired) electrons. The van der Waals surface area contributed by atoms with Crippen molar-refractivity contribution in [1.29, 1.82) is 0 Å². The SMILES string of the molecule is CC(C)(C)OC(=O)C(C(=O)OC(C)(C)C)C(C(=O)NC1CCCCC1)c1ccc([N+](=O)[O-])cc1. The van der Waals surface area contributed by atoms with E-state index >= 15 is 0 Å². The number of nitro benzene ring substituents is 1. The summed E-state index contributed by atoms with van der Waals surface area (Å²) in [5.41, 5.74) is -1.68. The van der Waals surface area contributed by atoms with Crippen molar-refractivity contribution >= 4 is 23.5 Å². The van der Waals surface area contributed by atoms with E-state index in [2.05, 4.69) is 5.32 Å². The number of hydrogen-bond donors (Lipinski definition) is 1. The molecule has 2 rings (SSSR count). The van der Waals surface area contributed by atoms with Gasteiger partial charge < -0.3 is 14.8 Å². The van der Waals surface area contributed by atoms with Crippen molar-refractivity contribution in [2.45, 2.75) is 96.8 Å². The van der Waals surface area contributed by atoms with Crippen LogP contribution in [0, 0.1) is 16.0 Å². The highest BCUT2D eigenvalue weighted by Crippen LogP contribution is 2.32. The number of amides is 1. The van der Waals surface area contributed by atoms with Gasteiger partial charge in [0.25, 0.3) is 5.69 Å². The Balaban J connectivity index is 2.53. The topological polar surface area (TPSA) is 125 Å². The third-order valence-corrected chi connectivity index (χ3v) is 5.35. The van der Waals surface area contributed by atoms with Gasteiger partial charge in [0.05, 0.1) is 10.8 Å². The molecule has 1 amide bonds. The number of nitrogens with one attached hydrogen (secondary N) is 1. The van der Waals surface area contributed by atoms with Crippen molar-refractivity contribution in [3.05, 3.63) is 39.9 Å². The molecule has 34 heavy (non-hydrogen) atoms. The molecule has 1 aromatic carbocycles. The second kappa shape index (κ2) is 11.0. The molecule has 9 heteroatoms. The van der Waals surface area contributed by atoms with Gasteiger partial charge in [0.2, 0.25) is 5.91 Å². The van der Waals surface area contributed by atoms with Gasteiger partial charge in [0.15, 0.2) is 5.92 Å². The first-order valence-electron chi connectivity index (χ1n) is 11.7. The van der Waals surface area contributed by atoms with Gasteiger partial charge in [-0.05, 0) is 59.9 Å². The minimum Gasteiger partial charge on any atom is -0.459 e. The Morgan fingerprint density at radius 2 is 1.38 bits per heavy atom. The van der Waals surface area contributed by atoms with E-state index in [4.69, 9.17) is 9.47 Å². The summed E-state index contributed by atoms with van der Waals surface area (Å²) in [6, 6.07) is 5.21. The zero-order valence-corrected chi connectivity index (χ0v) is 20.9. The lowest BCUT2D eigenvalue weighted by Crippen LogP contribution is -2.47. The highest BCUT2D eigenvalue weighted by molar-refractivity contribution is 6.02. The van der Waals surface area contributed by atoms with Crippen LogP contribution in [0.5, 0.6) is 0 Å². The number of esters is 2. The van der Waals surface area contributed by atoms with E-state index in [1.165, 1.54) is 24.3 Å². The summed E-state index contributed by atoms with van der Waals surface area (Å²) in [5.74, 6) is -5.13. The molecule has 0 bridgehead atoms. The molecule has 1 unspecified atom stereocenters. The molecular formula is C25H36N2O7. The molecule has 0 heterocycles. The fourth-order valence-electron chi connectivity index (χ4n) is 3.94. The van der Waals surface area contributed by atoms with Gasteiger partial charge in [-0.25, -0.2) is 0 Å². The molecule has 1 aromatic rings. The molecule has 1 atom stereocenters. The van der Waals surface area contributed by atoms with Gasteiger partial charge in [-0.1, -0.05) is 31.4 Å². The quantitative estimate of drug-likeness (QED) is 0.267. The number of hydrogen-bond acceptors (Lipinski definition) is 7. The van der Waals surface area contributed by atoms with Crippen molar-refractivity contribution in [2.75, 3.05) is 0 Å². The molecule has 1 fully saturated rings. The Labute approximate surface area is 200 Å². The number of benzene rings is 1. The zero-order chi connectivity index (χ0) is 25.7. The highest BCUT2D eigenvalue weighted by Gasteiger charge is 2.45. The van der Waals surface area contributed by atoms with Gasteiger partial charge in [-0.15, -0.1) is 0 Å². The average Bonchev–Trinajstić information content (AvgIpc) is 2.69. The summed E-state index contributed by atoms with van der Waals surface area (Å²) in [4.78, 5) is 50.6. The van der Waals surface area contributed by atoms with E-state index in [-0.39, 0.29) is 11.7 Å². The van der Waals surface area contributed by atoms with Crippen LogP contribution in [-0.2, 0) is 23.9 Å². The summed E-state index contributed by atoms with van der Waals surface area (Å²) in [6.07, 6.45) is 4.67. The number of nitro groups is 1. The minimum atomic E-state index is -1.58. The Bertz CT molecular complexity index is 863. The lowest BCUT2D eigenvalue weighted by Gasteiger charge is -2.31. The lowest BCUT2D eigenvalue weighted by atomic mass is 9.83. The number of ether oxygens (including phenoxy) is 2. The molecule has 9 nitrogen and oxygen atoms in total. The van der Waals surface area contributed by atoms with Gasteiger partial charge in [0.1, 0.15) is 11.2 Å². The van der Waals surface area contributed by atoms with E-state index < -0.39 is 45.8 Å². The van der Waals surface area contributed by atoms with E-state index in [0.29, 0.717) is 5.56 Å². The Kier molecular flexibility index (Phi) is 8.80. The second-order valence-corrected chi connectivity index (χ2v) is 10.7. The van der Waals surface area contributed by atoms with Crippen LogP contribution in [0.25, 0.3) is 0 Å². The maximum absolute atomic E-state index is 13.6. The molecule has 188 valence electrons. The van der Waals surface area contributed by atoms with Crippen LogP contribution in [0.3, 0.4) is 0 Å². The van der Waals surface area contributed by atoms with Gasteiger partial charge >= 0.3 is 11.9 Å². The Hall–Kier alpha value is -2.97. The van der Waals surface area contributed by atoms with Crippen molar-refractivity contribution in [1.82, 2.24) is 5.32 Å². The first kappa shape index (κ1) is 27.3. The third kappa shape index (κ3) is 8.11. The normalized spacial score (nSPS) is 16.0. The van der Waals surface area contributed by atoms with Crippen LogP contribution in [0.15, 0.2) is 24.3 Å². The predicted molar refractivity (Wildman–Crippen MR) is 126 cm³/mol. The smallest absolute Gasteiger partial charge is 0.322 e. The van der Waals surface area contributed by atoms with E-state index in [0.717, 1.165) is 32.1 Å². The molecule has 0 spiro atoms. The summed E-state index contributed by atoms with van der Waals surface area (Å²) in [5, 5.41) is 14.1. The van der Waals surface area contributed by atoms with Gasteiger partial charge in [-0.2, -0.15) is 0 Å². The van der Waals surface area contributed by atoms with Crippen molar-refractivity contribution in [2.24, 2.45) is 5.92 Å². The van der Waals surface area contributed by atoms with Crippen LogP contribution in [0.4, 0.5) is 5.69 Å². The second-order valence-electron chi connectivity index (χ2n) is 10.7. The molecule has 1 N–H and O–H groups in total. The van der Waals surface area contributed by atoms with Crippen molar-refractivity contribution < 1.29 is 28.8 Å².